The number of Topliss-reactive ketones (excluding diaryl/α,β-unsaturated/α-hetero) is 1. The molecule has 0 aliphatic carbocycles. The van der Waals surface area contributed by atoms with Crippen LogP contribution in [0, 0.1) is 6.92 Å². The number of aldehydes is 1. The largest absolute Gasteiger partial charge is 0.344 e. The molecule has 5 nitrogen and oxygen atoms in total. The summed E-state index contributed by atoms with van der Waals surface area (Å²) in [6.45, 7) is 2.08. The van der Waals surface area contributed by atoms with E-state index in [1.54, 1.807) is 10.8 Å². The monoisotopic (exact) mass is 393 g/mol. The molecule has 5 aromatic rings. The van der Waals surface area contributed by atoms with Gasteiger partial charge in [-0.25, -0.2) is 0 Å². The summed E-state index contributed by atoms with van der Waals surface area (Å²) in [5.41, 5.74) is 5.41. The van der Waals surface area contributed by atoms with E-state index in [0.717, 1.165) is 38.6 Å². The highest BCUT2D eigenvalue weighted by Crippen LogP contribution is 2.30. The van der Waals surface area contributed by atoms with E-state index in [9.17, 15) is 9.59 Å². The van der Waals surface area contributed by atoms with Gasteiger partial charge in [0.2, 0.25) is 5.78 Å². The van der Waals surface area contributed by atoms with Crippen molar-refractivity contribution in [2.45, 2.75) is 6.92 Å². The molecule has 3 aromatic heterocycles. The SMILES string of the molecule is Cc1ccc2cc(-c3cncc(-n4cc5ccccc5c4C(=O)C=O)c3)n(C)c2c1. The van der Waals surface area contributed by atoms with Crippen molar-refractivity contribution in [1.82, 2.24) is 14.1 Å². The molecule has 30 heavy (non-hydrogen) atoms. The molecule has 0 fully saturated rings. The number of benzene rings is 2. The molecule has 5 heteroatoms. The van der Waals surface area contributed by atoms with Crippen LogP contribution in [0.1, 0.15) is 16.1 Å². The first kappa shape index (κ1) is 18.1. The van der Waals surface area contributed by atoms with E-state index in [1.165, 1.54) is 5.56 Å². The van der Waals surface area contributed by atoms with Gasteiger partial charge in [-0.15, -0.1) is 0 Å². The van der Waals surface area contributed by atoms with Crippen LogP contribution >= 0.6 is 0 Å². The summed E-state index contributed by atoms with van der Waals surface area (Å²) in [4.78, 5) is 28.2. The number of ketones is 1. The first-order valence-corrected chi connectivity index (χ1v) is 9.68. The van der Waals surface area contributed by atoms with Gasteiger partial charge in [0.1, 0.15) is 5.69 Å². The average Bonchev–Trinajstić information content (AvgIpc) is 3.31. The number of hydrogen-bond donors (Lipinski definition) is 0. The van der Waals surface area contributed by atoms with Crippen LogP contribution in [0.15, 0.2) is 73.2 Å². The van der Waals surface area contributed by atoms with E-state index in [4.69, 9.17) is 0 Å². The summed E-state index contributed by atoms with van der Waals surface area (Å²) in [6.07, 6.45) is 5.76. The molecule has 0 saturated carbocycles. The Morgan fingerprint density at radius 3 is 2.67 bits per heavy atom. The summed E-state index contributed by atoms with van der Waals surface area (Å²) in [5.74, 6) is -0.554. The van der Waals surface area contributed by atoms with E-state index in [1.807, 2.05) is 49.8 Å². The predicted octanol–water partition coefficient (Wildman–Crippen LogP) is 4.87. The number of rotatable bonds is 4. The molecule has 0 unspecified atom stereocenters. The van der Waals surface area contributed by atoms with Crippen molar-refractivity contribution in [1.29, 1.82) is 0 Å². The van der Waals surface area contributed by atoms with Crippen LogP contribution in [0.4, 0.5) is 0 Å². The van der Waals surface area contributed by atoms with E-state index >= 15 is 0 Å². The third-order valence-corrected chi connectivity index (χ3v) is 5.56. The smallest absolute Gasteiger partial charge is 0.242 e. The molecule has 0 bridgehead atoms. The van der Waals surface area contributed by atoms with E-state index in [2.05, 4.69) is 40.7 Å². The van der Waals surface area contributed by atoms with Gasteiger partial charge in [0.25, 0.3) is 0 Å². The Morgan fingerprint density at radius 2 is 1.83 bits per heavy atom. The van der Waals surface area contributed by atoms with Crippen LogP contribution in [0.3, 0.4) is 0 Å². The molecule has 5 rings (SSSR count). The zero-order valence-corrected chi connectivity index (χ0v) is 16.7. The molecule has 0 N–H and O–H groups in total. The predicted molar refractivity (Wildman–Crippen MR) is 118 cm³/mol. The fourth-order valence-corrected chi connectivity index (χ4v) is 4.09. The molecular formula is C25H19N3O2. The first-order chi connectivity index (χ1) is 14.6. The summed E-state index contributed by atoms with van der Waals surface area (Å²) in [7, 11) is 2.04. The lowest BCUT2D eigenvalue weighted by Crippen LogP contribution is -2.08. The van der Waals surface area contributed by atoms with Gasteiger partial charge in [-0.2, -0.15) is 0 Å². The van der Waals surface area contributed by atoms with E-state index < -0.39 is 5.78 Å². The van der Waals surface area contributed by atoms with Crippen LogP contribution in [-0.4, -0.2) is 26.2 Å². The zero-order valence-electron chi connectivity index (χ0n) is 16.7. The van der Waals surface area contributed by atoms with E-state index in [0.29, 0.717) is 12.0 Å². The Hall–Kier alpha value is -3.99. The van der Waals surface area contributed by atoms with Crippen molar-refractivity contribution in [3.05, 3.63) is 84.4 Å². The number of pyridine rings is 1. The lowest BCUT2D eigenvalue weighted by atomic mass is 10.1. The second-order valence-corrected chi connectivity index (χ2v) is 7.50. The quantitative estimate of drug-likeness (QED) is 0.249. The second-order valence-electron chi connectivity index (χ2n) is 7.50. The van der Waals surface area contributed by atoms with Crippen molar-refractivity contribution in [2.75, 3.05) is 0 Å². The number of carbonyl (C=O) groups is 2. The molecule has 0 aliphatic rings. The summed E-state index contributed by atoms with van der Waals surface area (Å²) < 4.78 is 3.90. The highest BCUT2D eigenvalue weighted by atomic mass is 16.2. The van der Waals surface area contributed by atoms with Gasteiger partial charge in [0.05, 0.1) is 17.6 Å². The minimum Gasteiger partial charge on any atom is -0.344 e. The normalized spacial score (nSPS) is 11.3. The maximum absolute atomic E-state index is 12.4. The first-order valence-electron chi connectivity index (χ1n) is 9.68. The topological polar surface area (TPSA) is 56.9 Å². The number of aromatic nitrogens is 3. The lowest BCUT2D eigenvalue weighted by Gasteiger charge is -2.10. The van der Waals surface area contributed by atoms with Gasteiger partial charge >= 0.3 is 0 Å². The van der Waals surface area contributed by atoms with Gasteiger partial charge in [0.15, 0.2) is 6.29 Å². The number of carbonyl (C=O) groups excluding carboxylic acids is 2. The van der Waals surface area contributed by atoms with Crippen molar-refractivity contribution < 1.29 is 9.59 Å². The van der Waals surface area contributed by atoms with Crippen molar-refractivity contribution in [2.24, 2.45) is 7.05 Å². The molecule has 0 radical (unpaired) electrons. The Bertz CT molecular complexity index is 1460. The number of hydrogen-bond acceptors (Lipinski definition) is 3. The fourth-order valence-electron chi connectivity index (χ4n) is 4.09. The Labute approximate surface area is 173 Å². The van der Waals surface area contributed by atoms with Crippen LogP contribution in [-0.2, 0) is 11.8 Å². The third kappa shape index (κ3) is 2.75. The second kappa shape index (κ2) is 6.81. The number of nitrogens with zero attached hydrogens (tertiary/aromatic N) is 3. The van der Waals surface area contributed by atoms with Gasteiger partial charge in [-0.05, 0) is 30.7 Å². The molecule has 2 aromatic carbocycles. The van der Waals surface area contributed by atoms with Crippen molar-refractivity contribution in [3.63, 3.8) is 0 Å². The fraction of sp³-hybridized carbons (Fsp3) is 0.0800. The van der Waals surface area contributed by atoms with Gasteiger partial charge < -0.3 is 9.13 Å². The minimum absolute atomic E-state index is 0.354. The van der Waals surface area contributed by atoms with Crippen LogP contribution in [0.25, 0.3) is 38.6 Å². The molecule has 0 amide bonds. The highest BCUT2D eigenvalue weighted by Gasteiger charge is 2.18. The lowest BCUT2D eigenvalue weighted by molar-refractivity contribution is -0.104. The Balaban J connectivity index is 1.71. The molecule has 146 valence electrons. The Morgan fingerprint density at radius 1 is 1.00 bits per heavy atom. The third-order valence-electron chi connectivity index (χ3n) is 5.56. The maximum Gasteiger partial charge on any atom is 0.242 e. The Kier molecular flexibility index (Phi) is 4.10. The van der Waals surface area contributed by atoms with Gasteiger partial charge in [-0.1, -0.05) is 36.4 Å². The molecule has 3 heterocycles. The maximum atomic E-state index is 12.4. The highest BCUT2D eigenvalue weighted by molar-refractivity contribution is 6.36. The van der Waals surface area contributed by atoms with Crippen LogP contribution in [0.5, 0.6) is 0 Å². The van der Waals surface area contributed by atoms with Crippen LogP contribution < -0.4 is 0 Å². The molecule has 0 atom stereocenters. The molecule has 0 spiro atoms. The van der Waals surface area contributed by atoms with Crippen LogP contribution in [0.2, 0.25) is 0 Å². The average molecular weight is 393 g/mol. The number of fused-ring (bicyclic) bond motifs is 2. The summed E-state index contributed by atoms with van der Waals surface area (Å²) in [5, 5.41) is 2.81. The van der Waals surface area contributed by atoms with Crippen molar-refractivity contribution >= 4 is 33.7 Å². The van der Waals surface area contributed by atoms with Crippen molar-refractivity contribution in [3.8, 4) is 16.9 Å². The molecular weight excluding hydrogens is 374 g/mol. The molecule has 0 aliphatic heterocycles. The number of aryl methyl sites for hydroxylation is 2. The van der Waals surface area contributed by atoms with E-state index in [-0.39, 0.29) is 0 Å². The summed E-state index contributed by atoms with van der Waals surface area (Å²) >= 11 is 0. The summed E-state index contributed by atoms with van der Waals surface area (Å²) in [6, 6.07) is 18.1. The zero-order chi connectivity index (χ0) is 20.8. The van der Waals surface area contributed by atoms with Gasteiger partial charge in [0, 0.05) is 46.7 Å². The minimum atomic E-state index is -0.554. The van der Waals surface area contributed by atoms with Gasteiger partial charge in [-0.3, -0.25) is 14.6 Å². The standard InChI is InChI=1S/C25H19N3O2/c1-16-7-8-17-11-23(27(2)22(17)9-16)19-10-20(13-26-12-19)28-14-18-5-3-4-6-21(18)25(28)24(30)15-29/h3-15H,1-2H3. The molecule has 0 saturated heterocycles.